The van der Waals surface area contributed by atoms with Crippen molar-refractivity contribution < 1.29 is 4.65 Å². The Bertz CT molecular complexity index is 1530. The highest BCUT2D eigenvalue weighted by atomic mass is 16.5. The van der Waals surface area contributed by atoms with Gasteiger partial charge in [-0.2, -0.15) is 0 Å². The minimum atomic E-state index is -0.227. The summed E-state index contributed by atoms with van der Waals surface area (Å²) in [7, 11) is 0. The van der Waals surface area contributed by atoms with Crippen LogP contribution in [0.1, 0.15) is 27.7 Å². The molecule has 1 aromatic heterocycles. The van der Waals surface area contributed by atoms with E-state index >= 15 is 0 Å². The van der Waals surface area contributed by atoms with E-state index < -0.39 is 0 Å². The quantitative estimate of drug-likeness (QED) is 0.229. The highest BCUT2D eigenvalue weighted by Crippen LogP contribution is 2.45. The van der Waals surface area contributed by atoms with Gasteiger partial charge in [0.15, 0.2) is 17.5 Å². The fourth-order valence-electron chi connectivity index (χ4n) is 5.15. The molecular weight excluding hydrogens is 477 g/mol. The summed E-state index contributed by atoms with van der Waals surface area (Å²) in [5.41, 5.74) is 6.11. The van der Waals surface area contributed by atoms with E-state index in [1.807, 2.05) is 66.7 Å². The molecule has 192 valence electrons. The van der Waals surface area contributed by atoms with Gasteiger partial charge < -0.3 is 4.65 Å². The molecule has 0 bridgehead atoms. The molecule has 1 fully saturated rings. The van der Waals surface area contributed by atoms with Gasteiger partial charge in [0.25, 0.3) is 0 Å². The lowest BCUT2D eigenvalue weighted by molar-refractivity contribution is 0.0375. The SMILES string of the molecule is CC1(C)CB(c2cc(-c3ccccc3)cc(-c3nc(-c4ccccc4)nc(-c4ccccc4)n3)c2)OC1(C)C. The van der Waals surface area contributed by atoms with Crippen molar-refractivity contribution in [2.24, 2.45) is 5.41 Å². The monoisotopic (exact) mass is 509 g/mol. The Hall–Kier alpha value is -4.09. The maximum atomic E-state index is 6.66. The maximum Gasteiger partial charge on any atom is 0.328 e. The van der Waals surface area contributed by atoms with E-state index in [-0.39, 0.29) is 17.9 Å². The molecule has 5 aromatic rings. The topological polar surface area (TPSA) is 47.9 Å². The number of rotatable bonds is 5. The molecule has 0 saturated carbocycles. The summed E-state index contributed by atoms with van der Waals surface area (Å²) in [4.78, 5) is 14.9. The Kier molecular flexibility index (Phi) is 6.40. The first-order valence-corrected chi connectivity index (χ1v) is 13.5. The summed E-state index contributed by atoms with van der Waals surface area (Å²) in [5.74, 6) is 1.97. The molecule has 0 unspecified atom stereocenters. The molecule has 0 spiro atoms. The molecule has 0 amide bonds. The Balaban J connectivity index is 1.54. The summed E-state index contributed by atoms with van der Waals surface area (Å²) in [6.45, 7) is 8.96. The Morgan fingerprint density at radius 1 is 0.538 bits per heavy atom. The van der Waals surface area contributed by atoms with Crippen LogP contribution in [0.25, 0.3) is 45.3 Å². The van der Waals surface area contributed by atoms with E-state index in [2.05, 4.69) is 70.2 Å². The lowest BCUT2D eigenvalue weighted by Crippen LogP contribution is -2.36. The van der Waals surface area contributed by atoms with Crippen molar-refractivity contribution in [3.05, 3.63) is 109 Å². The first-order valence-electron chi connectivity index (χ1n) is 13.5. The molecule has 4 aromatic carbocycles. The zero-order valence-electron chi connectivity index (χ0n) is 22.9. The number of nitrogens with zero attached hydrogens (tertiary/aromatic N) is 3. The van der Waals surface area contributed by atoms with Crippen LogP contribution in [0.3, 0.4) is 0 Å². The molecule has 1 aliphatic heterocycles. The zero-order valence-corrected chi connectivity index (χ0v) is 22.9. The van der Waals surface area contributed by atoms with Crippen molar-refractivity contribution in [1.82, 2.24) is 15.0 Å². The number of hydrogen-bond donors (Lipinski definition) is 0. The highest BCUT2D eigenvalue weighted by molar-refractivity contribution is 6.68. The van der Waals surface area contributed by atoms with Crippen molar-refractivity contribution >= 4 is 12.4 Å². The van der Waals surface area contributed by atoms with E-state index in [1.165, 1.54) is 0 Å². The molecule has 0 radical (unpaired) electrons. The van der Waals surface area contributed by atoms with Crippen molar-refractivity contribution in [3.8, 4) is 45.3 Å². The minimum absolute atomic E-state index is 0.0126. The molecule has 1 saturated heterocycles. The molecular formula is C34H32BN3O. The summed E-state index contributed by atoms with van der Waals surface area (Å²) >= 11 is 0. The number of benzene rings is 4. The number of hydrogen-bond acceptors (Lipinski definition) is 4. The van der Waals surface area contributed by atoms with Crippen molar-refractivity contribution in [2.45, 2.75) is 39.6 Å². The second-order valence-electron chi connectivity index (χ2n) is 11.5. The molecule has 4 nitrogen and oxygen atoms in total. The van der Waals surface area contributed by atoms with Crippen LogP contribution in [0.4, 0.5) is 0 Å². The van der Waals surface area contributed by atoms with E-state index in [9.17, 15) is 0 Å². The van der Waals surface area contributed by atoms with Gasteiger partial charge in [0, 0.05) is 16.7 Å². The van der Waals surface area contributed by atoms with Crippen molar-refractivity contribution in [1.29, 1.82) is 0 Å². The van der Waals surface area contributed by atoms with E-state index in [0.717, 1.165) is 39.6 Å². The molecule has 0 aliphatic carbocycles. The van der Waals surface area contributed by atoms with Gasteiger partial charge >= 0.3 is 6.92 Å². The molecule has 5 heteroatoms. The molecule has 0 N–H and O–H groups in total. The fraction of sp³-hybridized carbons (Fsp3) is 0.206. The normalized spacial score (nSPS) is 15.8. The zero-order chi connectivity index (χ0) is 27.0. The first kappa shape index (κ1) is 25.2. The smallest absolute Gasteiger partial charge is 0.328 e. The third-order valence-corrected chi connectivity index (χ3v) is 8.15. The Morgan fingerprint density at radius 3 is 1.44 bits per heavy atom. The van der Waals surface area contributed by atoms with Gasteiger partial charge in [0.2, 0.25) is 0 Å². The van der Waals surface area contributed by atoms with Gasteiger partial charge in [-0.15, -0.1) is 0 Å². The Labute approximate surface area is 231 Å². The van der Waals surface area contributed by atoms with Crippen LogP contribution in [0.5, 0.6) is 0 Å². The molecule has 1 aliphatic rings. The van der Waals surface area contributed by atoms with Gasteiger partial charge in [-0.3, -0.25) is 0 Å². The summed E-state index contributed by atoms with van der Waals surface area (Å²) < 4.78 is 6.66. The third kappa shape index (κ3) is 5.02. The summed E-state index contributed by atoms with van der Waals surface area (Å²) in [5, 5.41) is 0. The maximum absolute atomic E-state index is 6.66. The Morgan fingerprint density at radius 2 is 0.974 bits per heavy atom. The highest BCUT2D eigenvalue weighted by Gasteiger charge is 2.49. The van der Waals surface area contributed by atoms with Crippen LogP contribution in [-0.4, -0.2) is 27.5 Å². The molecule has 0 atom stereocenters. The lowest BCUT2D eigenvalue weighted by atomic mass is 9.54. The minimum Gasteiger partial charge on any atom is -0.426 e. The summed E-state index contributed by atoms with van der Waals surface area (Å²) in [6, 6.07) is 37.3. The van der Waals surface area contributed by atoms with Gasteiger partial charge in [-0.05, 0) is 48.2 Å². The predicted molar refractivity (Wildman–Crippen MR) is 161 cm³/mol. The fourth-order valence-corrected chi connectivity index (χ4v) is 5.15. The predicted octanol–water partition coefficient (Wildman–Crippen LogP) is 7.57. The molecule has 6 rings (SSSR count). The molecule has 2 heterocycles. The van der Waals surface area contributed by atoms with E-state index in [1.54, 1.807) is 0 Å². The van der Waals surface area contributed by atoms with Crippen LogP contribution in [0, 0.1) is 5.41 Å². The van der Waals surface area contributed by atoms with Crippen molar-refractivity contribution in [3.63, 3.8) is 0 Å². The average molecular weight is 509 g/mol. The van der Waals surface area contributed by atoms with Crippen LogP contribution < -0.4 is 5.46 Å². The van der Waals surface area contributed by atoms with E-state index in [4.69, 9.17) is 19.6 Å². The van der Waals surface area contributed by atoms with Gasteiger partial charge in [0.1, 0.15) is 0 Å². The second kappa shape index (κ2) is 9.90. The van der Waals surface area contributed by atoms with Crippen molar-refractivity contribution in [2.75, 3.05) is 0 Å². The standard InChI is InChI=1S/C34H32BN3O/c1-33(2)23-35(39-34(33,3)4)29-21-27(24-14-8-5-9-15-24)20-28(22-29)32-37-30(25-16-10-6-11-17-25)36-31(38-32)26-18-12-7-13-19-26/h5-22H,23H2,1-4H3. The lowest BCUT2D eigenvalue weighted by Gasteiger charge is -2.34. The average Bonchev–Trinajstić information content (AvgIpc) is 3.20. The third-order valence-electron chi connectivity index (χ3n) is 8.15. The van der Waals surface area contributed by atoms with Gasteiger partial charge in [-0.1, -0.05) is 117 Å². The second-order valence-corrected chi connectivity index (χ2v) is 11.5. The molecule has 39 heavy (non-hydrogen) atoms. The van der Waals surface area contributed by atoms with Crippen LogP contribution >= 0.6 is 0 Å². The summed E-state index contributed by atoms with van der Waals surface area (Å²) in [6.07, 6.45) is 0.944. The van der Waals surface area contributed by atoms with Crippen LogP contribution in [-0.2, 0) is 4.65 Å². The van der Waals surface area contributed by atoms with Gasteiger partial charge in [-0.25, -0.2) is 15.0 Å². The van der Waals surface area contributed by atoms with E-state index in [0.29, 0.717) is 17.5 Å². The largest absolute Gasteiger partial charge is 0.426 e. The van der Waals surface area contributed by atoms with Crippen LogP contribution in [0.15, 0.2) is 109 Å². The van der Waals surface area contributed by atoms with Crippen LogP contribution in [0.2, 0.25) is 6.32 Å². The van der Waals surface area contributed by atoms with Gasteiger partial charge in [0.05, 0.1) is 5.60 Å². The first-order chi connectivity index (χ1) is 18.8. The number of aromatic nitrogens is 3.